The van der Waals surface area contributed by atoms with Crippen molar-refractivity contribution in [3.05, 3.63) is 65.5 Å². The molecule has 2 aromatic carbocycles. The Bertz CT molecular complexity index is 656. The standard InChI is InChI=1S/C17H15F3O2/c1-11(22-14-5-3-2-4-6-14)7-13(21)8-12-9-16(19)17(20)10-15(12)18/h2-6,9-11H,7-8H2,1H3. The van der Waals surface area contributed by atoms with Crippen LogP contribution >= 0.6 is 0 Å². The first kappa shape index (κ1) is 16.1. The van der Waals surface area contributed by atoms with E-state index in [0.29, 0.717) is 17.9 Å². The quantitative estimate of drug-likeness (QED) is 0.752. The van der Waals surface area contributed by atoms with E-state index in [1.54, 1.807) is 31.2 Å². The zero-order valence-corrected chi connectivity index (χ0v) is 12.0. The van der Waals surface area contributed by atoms with Crippen molar-refractivity contribution in [2.45, 2.75) is 25.9 Å². The molecule has 0 radical (unpaired) electrons. The molecule has 0 fully saturated rings. The van der Waals surface area contributed by atoms with Crippen LogP contribution in [-0.2, 0) is 11.2 Å². The largest absolute Gasteiger partial charge is 0.490 e. The normalized spacial score (nSPS) is 12.0. The summed E-state index contributed by atoms with van der Waals surface area (Å²) in [7, 11) is 0. The first-order valence-corrected chi connectivity index (χ1v) is 6.82. The first-order valence-electron chi connectivity index (χ1n) is 6.82. The molecule has 0 aliphatic rings. The number of rotatable bonds is 6. The summed E-state index contributed by atoms with van der Waals surface area (Å²) in [6.45, 7) is 1.71. The van der Waals surface area contributed by atoms with Gasteiger partial charge in [-0.15, -0.1) is 0 Å². The van der Waals surface area contributed by atoms with E-state index in [1.165, 1.54) is 0 Å². The van der Waals surface area contributed by atoms with Crippen molar-refractivity contribution in [3.8, 4) is 5.75 Å². The van der Waals surface area contributed by atoms with Gasteiger partial charge >= 0.3 is 0 Å². The molecule has 0 bridgehead atoms. The number of hydrogen-bond donors (Lipinski definition) is 0. The van der Waals surface area contributed by atoms with Crippen LogP contribution in [0.3, 0.4) is 0 Å². The SMILES string of the molecule is CC(CC(=O)Cc1cc(F)c(F)cc1F)Oc1ccccc1. The van der Waals surface area contributed by atoms with E-state index >= 15 is 0 Å². The highest BCUT2D eigenvalue weighted by molar-refractivity contribution is 5.81. The van der Waals surface area contributed by atoms with Gasteiger partial charge in [-0.2, -0.15) is 0 Å². The molecule has 2 rings (SSSR count). The topological polar surface area (TPSA) is 26.3 Å². The lowest BCUT2D eigenvalue weighted by Gasteiger charge is -2.14. The number of carbonyl (C=O) groups excluding carboxylic acids is 1. The van der Waals surface area contributed by atoms with Crippen molar-refractivity contribution in [2.75, 3.05) is 0 Å². The van der Waals surface area contributed by atoms with Gasteiger partial charge in [0.05, 0.1) is 0 Å². The molecule has 5 heteroatoms. The van der Waals surface area contributed by atoms with Crippen molar-refractivity contribution < 1.29 is 22.7 Å². The van der Waals surface area contributed by atoms with Gasteiger partial charge in [0.15, 0.2) is 11.6 Å². The summed E-state index contributed by atoms with van der Waals surface area (Å²) in [6.07, 6.45) is -0.651. The van der Waals surface area contributed by atoms with E-state index in [1.807, 2.05) is 6.07 Å². The van der Waals surface area contributed by atoms with Crippen LogP contribution in [-0.4, -0.2) is 11.9 Å². The zero-order chi connectivity index (χ0) is 16.1. The van der Waals surface area contributed by atoms with E-state index in [2.05, 4.69) is 0 Å². The fourth-order valence-electron chi connectivity index (χ4n) is 2.08. The van der Waals surface area contributed by atoms with E-state index in [-0.39, 0.29) is 24.2 Å². The third-order valence-electron chi connectivity index (χ3n) is 3.07. The van der Waals surface area contributed by atoms with Gasteiger partial charge in [0.2, 0.25) is 0 Å². The van der Waals surface area contributed by atoms with Crippen LogP contribution in [0.1, 0.15) is 18.9 Å². The van der Waals surface area contributed by atoms with E-state index < -0.39 is 23.6 Å². The lowest BCUT2D eigenvalue weighted by atomic mass is 10.0. The molecule has 116 valence electrons. The van der Waals surface area contributed by atoms with Crippen LogP contribution in [0.25, 0.3) is 0 Å². The summed E-state index contributed by atoms with van der Waals surface area (Å²) in [5.74, 6) is -3.05. The molecule has 0 heterocycles. The molecule has 0 saturated carbocycles. The molecule has 0 saturated heterocycles. The number of Topliss-reactive ketones (excluding diaryl/α,β-unsaturated/α-hetero) is 1. The Kier molecular flexibility index (Phi) is 5.20. The molecule has 0 N–H and O–H groups in total. The summed E-state index contributed by atoms with van der Waals surface area (Å²) < 4.78 is 44.9. The number of benzene rings is 2. The van der Waals surface area contributed by atoms with Crippen LogP contribution in [0.4, 0.5) is 13.2 Å². The summed E-state index contributed by atoms with van der Waals surface area (Å²) in [6, 6.07) is 10.1. The Morgan fingerprint density at radius 3 is 2.36 bits per heavy atom. The summed E-state index contributed by atoms with van der Waals surface area (Å²) in [4.78, 5) is 11.9. The molecular weight excluding hydrogens is 293 g/mol. The number of hydrogen-bond acceptors (Lipinski definition) is 2. The van der Waals surface area contributed by atoms with Crippen LogP contribution in [0.2, 0.25) is 0 Å². The molecule has 2 nitrogen and oxygen atoms in total. The van der Waals surface area contributed by atoms with Crippen molar-refractivity contribution >= 4 is 5.78 Å². The summed E-state index contributed by atoms with van der Waals surface area (Å²) >= 11 is 0. The minimum Gasteiger partial charge on any atom is -0.490 e. The maximum absolute atomic E-state index is 13.5. The van der Waals surface area contributed by atoms with Gasteiger partial charge < -0.3 is 4.74 Å². The van der Waals surface area contributed by atoms with Gasteiger partial charge in [-0.3, -0.25) is 4.79 Å². The van der Waals surface area contributed by atoms with Crippen molar-refractivity contribution in [1.82, 2.24) is 0 Å². The number of para-hydroxylation sites is 1. The van der Waals surface area contributed by atoms with Crippen LogP contribution < -0.4 is 4.74 Å². The van der Waals surface area contributed by atoms with Gasteiger partial charge in [-0.25, -0.2) is 13.2 Å². The predicted octanol–water partition coefficient (Wildman–Crippen LogP) is 4.07. The lowest BCUT2D eigenvalue weighted by Crippen LogP contribution is -2.18. The Morgan fingerprint density at radius 2 is 1.68 bits per heavy atom. The number of ether oxygens (including phenoxy) is 1. The van der Waals surface area contributed by atoms with Gasteiger partial charge in [0, 0.05) is 18.9 Å². The monoisotopic (exact) mass is 308 g/mol. The fraction of sp³-hybridized carbons (Fsp3) is 0.235. The van der Waals surface area contributed by atoms with Gasteiger partial charge in [-0.1, -0.05) is 18.2 Å². The van der Waals surface area contributed by atoms with Crippen LogP contribution in [0.15, 0.2) is 42.5 Å². The van der Waals surface area contributed by atoms with Crippen molar-refractivity contribution in [1.29, 1.82) is 0 Å². The fourth-order valence-corrected chi connectivity index (χ4v) is 2.08. The van der Waals surface area contributed by atoms with Crippen molar-refractivity contribution in [2.24, 2.45) is 0 Å². The number of carbonyl (C=O) groups is 1. The molecule has 0 spiro atoms. The molecule has 1 atom stereocenters. The first-order chi connectivity index (χ1) is 10.5. The van der Waals surface area contributed by atoms with E-state index in [9.17, 15) is 18.0 Å². The average Bonchev–Trinajstić information content (AvgIpc) is 2.45. The Balaban J connectivity index is 1.94. The predicted molar refractivity (Wildman–Crippen MR) is 76.2 cm³/mol. The Hall–Kier alpha value is -2.30. The molecule has 0 aliphatic carbocycles. The molecule has 0 aromatic heterocycles. The van der Waals surface area contributed by atoms with Crippen molar-refractivity contribution in [3.63, 3.8) is 0 Å². The Labute approximate surface area is 126 Å². The summed E-state index contributed by atoms with van der Waals surface area (Å²) in [5.41, 5.74) is -0.157. The maximum atomic E-state index is 13.5. The zero-order valence-electron chi connectivity index (χ0n) is 12.0. The molecule has 2 aromatic rings. The second-order valence-electron chi connectivity index (χ2n) is 5.02. The highest BCUT2D eigenvalue weighted by atomic mass is 19.2. The average molecular weight is 308 g/mol. The molecule has 0 amide bonds. The smallest absolute Gasteiger partial charge is 0.161 e. The second kappa shape index (κ2) is 7.11. The molecule has 0 aliphatic heterocycles. The van der Waals surface area contributed by atoms with Gasteiger partial charge in [-0.05, 0) is 30.7 Å². The lowest BCUT2D eigenvalue weighted by molar-refractivity contribution is -0.119. The van der Waals surface area contributed by atoms with E-state index in [0.717, 1.165) is 0 Å². The highest BCUT2D eigenvalue weighted by Gasteiger charge is 2.16. The molecule has 22 heavy (non-hydrogen) atoms. The maximum Gasteiger partial charge on any atom is 0.161 e. The van der Waals surface area contributed by atoms with Gasteiger partial charge in [0.1, 0.15) is 23.5 Å². The second-order valence-corrected chi connectivity index (χ2v) is 5.02. The Morgan fingerprint density at radius 1 is 1.05 bits per heavy atom. The highest BCUT2D eigenvalue weighted by Crippen LogP contribution is 2.17. The number of ketones is 1. The van der Waals surface area contributed by atoms with Gasteiger partial charge in [0.25, 0.3) is 0 Å². The molecular formula is C17H15F3O2. The minimum absolute atomic E-state index is 0.0489. The molecule has 1 unspecified atom stereocenters. The summed E-state index contributed by atoms with van der Waals surface area (Å²) in [5, 5.41) is 0. The van der Waals surface area contributed by atoms with Crippen LogP contribution in [0, 0.1) is 17.5 Å². The number of halogens is 3. The van der Waals surface area contributed by atoms with Crippen LogP contribution in [0.5, 0.6) is 5.75 Å². The third-order valence-corrected chi connectivity index (χ3v) is 3.07. The minimum atomic E-state index is -1.27. The van der Waals surface area contributed by atoms with E-state index in [4.69, 9.17) is 4.74 Å². The third kappa shape index (κ3) is 4.35.